The molecule has 0 bridgehead atoms. The van der Waals surface area contributed by atoms with Gasteiger partial charge < -0.3 is 18.8 Å². The van der Waals surface area contributed by atoms with Gasteiger partial charge in [-0.15, -0.1) is 11.8 Å². The number of fused-ring (bicyclic) bond motifs is 1. The molecule has 7 nitrogen and oxygen atoms in total. The minimum atomic E-state index is -0.559. The van der Waals surface area contributed by atoms with Crippen molar-refractivity contribution in [2.45, 2.75) is 31.5 Å². The Balaban J connectivity index is 1.42. The number of thioether (sulfide) groups is 1. The van der Waals surface area contributed by atoms with E-state index < -0.39 is 5.97 Å². The number of hydrogen-bond donors (Lipinski definition) is 0. The number of aromatic nitrogens is 2. The number of hydrogen-bond acceptors (Lipinski definition) is 7. The molecule has 0 unspecified atom stereocenters. The molecule has 0 amide bonds. The van der Waals surface area contributed by atoms with Crippen molar-refractivity contribution in [3.05, 3.63) is 71.2 Å². The van der Waals surface area contributed by atoms with Crippen LogP contribution in [-0.4, -0.2) is 46.9 Å². The number of para-hydroxylation sites is 2. The highest BCUT2D eigenvalue weighted by Crippen LogP contribution is 2.31. The Morgan fingerprint density at radius 1 is 1.16 bits per heavy atom. The van der Waals surface area contributed by atoms with E-state index in [1.165, 1.54) is 11.8 Å². The van der Waals surface area contributed by atoms with Crippen molar-refractivity contribution >= 4 is 23.5 Å². The van der Waals surface area contributed by atoms with Crippen LogP contribution in [0.3, 0.4) is 0 Å². The third-order valence-electron chi connectivity index (χ3n) is 5.35. The summed E-state index contributed by atoms with van der Waals surface area (Å²) in [6.07, 6.45) is 3.27. The van der Waals surface area contributed by atoms with Crippen molar-refractivity contribution in [1.82, 2.24) is 9.55 Å². The Morgan fingerprint density at radius 3 is 2.72 bits per heavy atom. The van der Waals surface area contributed by atoms with Crippen molar-refractivity contribution in [3.63, 3.8) is 0 Å². The number of ether oxygens (including phenoxy) is 3. The van der Waals surface area contributed by atoms with Gasteiger partial charge in [0, 0.05) is 23.1 Å². The fourth-order valence-electron chi connectivity index (χ4n) is 3.72. The zero-order chi connectivity index (χ0) is 22.7. The summed E-state index contributed by atoms with van der Waals surface area (Å²) >= 11 is 1.35. The first-order valence-corrected chi connectivity index (χ1v) is 11.4. The largest absolute Gasteiger partial charge is 0.486 e. The monoisotopic (exact) mass is 452 g/mol. The van der Waals surface area contributed by atoms with E-state index in [4.69, 9.17) is 14.2 Å². The van der Waals surface area contributed by atoms with Gasteiger partial charge in [0.15, 0.2) is 24.2 Å². The molecule has 3 heterocycles. The molecule has 1 aromatic carbocycles. The van der Waals surface area contributed by atoms with E-state index in [-0.39, 0.29) is 18.5 Å². The molecule has 1 atom stereocenters. The average molecular weight is 453 g/mol. The summed E-state index contributed by atoms with van der Waals surface area (Å²) in [4.78, 5) is 29.4. The van der Waals surface area contributed by atoms with Gasteiger partial charge in [0.25, 0.3) is 0 Å². The summed E-state index contributed by atoms with van der Waals surface area (Å²) in [5.74, 6) is 0.643. The number of Topliss-reactive ketones (excluding diaryl/α,β-unsaturated/α-hetero) is 1. The quantitative estimate of drug-likeness (QED) is 0.303. The topological polar surface area (TPSA) is 79.7 Å². The standard InChI is InChI=1S/C24H24N2O5S/c1-15-11-19(20(27)14-30-24(28)18-7-6-10-25-23(18)32-3)16(2)26(15)12-17-13-29-21-8-4-5-9-22(21)31-17/h4-11,17H,12-14H2,1-3H3/t17-/m0/s1. The molecule has 0 aliphatic carbocycles. The molecular weight excluding hydrogens is 428 g/mol. The molecule has 0 fully saturated rings. The molecule has 3 aromatic rings. The van der Waals surface area contributed by atoms with Crippen molar-refractivity contribution < 1.29 is 23.8 Å². The van der Waals surface area contributed by atoms with E-state index in [9.17, 15) is 9.59 Å². The van der Waals surface area contributed by atoms with Gasteiger partial charge in [0.2, 0.25) is 5.78 Å². The maximum atomic E-state index is 12.8. The second-order valence-electron chi connectivity index (χ2n) is 7.45. The second kappa shape index (κ2) is 9.48. The van der Waals surface area contributed by atoms with Crippen LogP contribution in [0.25, 0.3) is 0 Å². The number of carbonyl (C=O) groups excluding carboxylic acids is 2. The van der Waals surface area contributed by atoms with Gasteiger partial charge in [-0.25, -0.2) is 9.78 Å². The van der Waals surface area contributed by atoms with Gasteiger partial charge in [-0.05, 0) is 50.4 Å². The van der Waals surface area contributed by atoms with E-state index >= 15 is 0 Å². The van der Waals surface area contributed by atoms with Gasteiger partial charge in [-0.1, -0.05) is 12.1 Å². The highest BCUT2D eigenvalue weighted by molar-refractivity contribution is 7.98. The minimum absolute atomic E-state index is 0.175. The third-order valence-corrected chi connectivity index (χ3v) is 6.06. The number of nitrogens with zero attached hydrogens (tertiary/aromatic N) is 2. The first kappa shape index (κ1) is 22.0. The molecule has 2 aromatic heterocycles. The first-order valence-electron chi connectivity index (χ1n) is 10.2. The molecule has 1 aliphatic rings. The fourth-order valence-corrected chi connectivity index (χ4v) is 4.25. The van der Waals surface area contributed by atoms with Crippen LogP contribution in [0.5, 0.6) is 11.5 Å². The zero-order valence-corrected chi connectivity index (χ0v) is 19.0. The first-order chi connectivity index (χ1) is 15.5. The molecule has 0 N–H and O–H groups in total. The number of carbonyl (C=O) groups is 2. The van der Waals surface area contributed by atoms with Crippen molar-refractivity contribution in [2.24, 2.45) is 0 Å². The van der Waals surface area contributed by atoms with Crippen LogP contribution in [0.2, 0.25) is 0 Å². The van der Waals surface area contributed by atoms with Crippen LogP contribution in [0, 0.1) is 13.8 Å². The summed E-state index contributed by atoms with van der Waals surface area (Å²) in [7, 11) is 0. The Morgan fingerprint density at radius 2 is 1.94 bits per heavy atom. The molecule has 166 valence electrons. The van der Waals surface area contributed by atoms with Crippen LogP contribution in [0.1, 0.15) is 32.1 Å². The highest BCUT2D eigenvalue weighted by atomic mass is 32.2. The predicted octanol–water partition coefficient (Wildman–Crippen LogP) is 4.10. The van der Waals surface area contributed by atoms with Crippen LogP contribution < -0.4 is 9.47 Å². The Hall–Kier alpha value is -3.26. The van der Waals surface area contributed by atoms with Crippen LogP contribution >= 0.6 is 11.8 Å². The number of aryl methyl sites for hydroxylation is 1. The van der Waals surface area contributed by atoms with E-state index in [2.05, 4.69) is 4.98 Å². The molecule has 0 saturated heterocycles. The Kier molecular flexibility index (Phi) is 6.50. The van der Waals surface area contributed by atoms with Crippen molar-refractivity contribution in [2.75, 3.05) is 19.5 Å². The lowest BCUT2D eigenvalue weighted by molar-refractivity contribution is 0.0470. The normalized spacial score (nSPS) is 14.8. The van der Waals surface area contributed by atoms with Gasteiger partial charge in [0.05, 0.1) is 12.1 Å². The molecule has 4 rings (SSSR count). The summed E-state index contributed by atoms with van der Waals surface area (Å²) in [5.41, 5.74) is 2.62. The van der Waals surface area contributed by atoms with Crippen molar-refractivity contribution in [1.29, 1.82) is 0 Å². The number of ketones is 1. The summed E-state index contributed by atoms with van der Waals surface area (Å²) < 4.78 is 19.2. The minimum Gasteiger partial charge on any atom is -0.486 e. The molecule has 0 radical (unpaired) electrons. The number of pyridine rings is 1. The van der Waals surface area contributed by atoms with Gasteiger partial charge in [0.1, 0.15) is 11.6 Å². The van der Waals surface area contributed by atoms with E-state index in [1.54, 1.807) is 18.3 Å². The third kappa shape index (κ3) is 4.50. The predicted molar refractivity (Wildman–Crippen MR) is 121 cm³/mol. The van der Waals surface area contributed by atoms with Crippen LogP contribution in [-0.2, 0) is 11.3 Å². The zero-order valence-electron chi connectivity index (χ0n) is 18.2. The Labute approximate surface area is 190 Å². The number of benzene rings is 1. The van der Waals surface area contributed by atoms with Gasteiger partial charge in [-0.3, -0.25) is 4.79 Å². The molecule has 1 aliphatic heterocycles. The Bertz CT molecular complexity index is 1160. The lowest BCUT2D eigenvalue weighted by Crippen LogP contribution is -2.33. The smallest absolute Gasteiger partial charge is 0.341 e. The second-order valence-corrected chi connectivity index (χ2v) is 8.25. The van der Waals surface area contributed by atoms with Crippen LogP contribution in [0.4, 0.5) is 0 Å². The van der Waals surface area contributed by atoms with E-state index in [1.807, 2.05) is 55.0 Å². The van der Waals surface area contributed by atoms with Gasteiger partial charge in [-0.2, -0.15) is 0 Å². The molecule has 32 heavy (non-hydrogen) atoms. The molecule has 0 spiro atoms. The lowest BCUT2D eigenvalue weighted by atomic mass is 10.1. The fraction of sp³-hybridized carbons (Fsp3) is 0.292. The lowest BCUT2D eigenvalue weighted by Gasteiger charge is -2.27. The van der Waals surface area contributed by atoms with E-state index in [0.29, 0.717) is 29.3 Å². The highest BCUT2D eigenvalue weighted by Gasteiger charge is 2.24. The summed E-state index contributed by atoms with van der Waals surface area (Å²) in [6.45, 7) is 4.46. The maximum absolute atomic E-state index is 12.8. The average Bonchev–Trinajstić information content (AvgIpc) is 3.10. The van der Waals surface area contributed by atoms with Gasteiger partial charge >= 0.3 is 5.97 Å². The molecule has 0 saturated carbocycles. The molecule has 8 heteroatoms. The number of esters is 1. The molecular formula is C24H24N2O5S. The summed E-state index contributed by atoms with van der Waals surface area (Å²) in [5, 5.41) is 0.569. The SMILES string of the molecule is CSc1ncccc1C(=O)OCC(=O)c1cc(C)n(C[C@H]2COc3ccccc3O2)c1C. The van der Waals surface area contributed by atoms with Crippen LogP contribution in [0.15, 0.2) is 53.7 Å². The number of rotatable bonds is 7. The van der Waals surface area contributed by atoms with Crippen molar-refractivity contribution in [3.8, 4) is 11.5 Å². The maximum Gasteiger partial charge on any atom is 0.341 e. The van der Waals surface area contributed by atoms with E-state index in [0.717, 1.165) is 22.9 Å². The summed E-state index contributed by atoms with van der Waals surface area (Å²) in [6, 6.07) is 12.7.